The van der Waals surface area contributed by atoms with Crippen molar-refractivity contribution in [3.8, 4) is 0 Å². The van der Waals surface area contributed by atoms with Gasteiger partial charge in [0.15, 0.2) is 0 Å². The van der Waals surface area contributed by atoms with Crippen molar-refractivity contribution in [2.75, 3.05) is 0 Å². The first kappa shape index (κ1) is 11.4. The molecule has 0 aromatic carbocycles. The summed E-state index contributed by atoms with van der Waals surface area (Å²) < 4.78 is 0. The zero-order valence-corrected chi connectivity index (χ0v) is 7.45. The van der Waals surface area contributed by atoms with E-state index in [4.69, 9.17) is 5.73 Å². The number of rotatable bonds is 5. The predicted octanol–water partition coefficient (Wildman–Crippen LogP) is 0.950. The number of imide groups is 1. The van der Waals surface area contributed by atoms with Crippen molar-refractivity contribution in [3.05, 3.63) is 25.3 Å². The molecule has 3 amide bonds. The lowest BCUT2D eigenvalue weighted by Crippen LogP contribution is -2.38. The number of carbonyl (C=O) groups excluding carboxylic acids is 2. The van der Waals surface area contributed by atoms with E-state index in [-0.39, 0.29) is 11.8 Å². The minimum Gasteiger partial charge on any atom is -0.351 e. The number of carbonyl (C=O) groups is 2. The molecule has 4 heteroatoms. The van der Waals surface area contributed by atoms with Crippen molar-refractivity contribution in [3.63, 3.8) is 0 Å². The van der Waals surface area contributed by atoms with Gasteiger partial charge in [0.2, 0.25) is 5.91 Å². The van der Waals surface area contributed by atoms with Gasteiger partial charge >= 0.3 is 6.03 Å². The van der Waals surface area contributed by atoms with Crippen molar-refractivity contribution in [1.82, 2.24) is 5.32 Å². The maximum absolute atomic E-state index is 11.2. The molecule has 0 aliphatic heterocycles. The van der Waals surface area contributed by atoms with E-state index < -0.39 is 6.03 Å². The number of amides is 3. The number of allylic oxidation sites excluding steroid dienone is 2. The standard InChI is InChI=1S/C9H14N2O2/c1-3-5-7(6-4-2)8(12)11-9(10)13/h3-4,7H,1-2,5-6H2,(H3,10,11,12,13). The second-order valence-corrected chi connectivity index (χ2v) is 2.60. The van der Waals surface area contributed by atoms with Gasteiger partial charge in [-0.25, -0.2) is 4.79 Å². The summed E-state index contributed by atoms with van der Waals surface area (Å²) in [6.07, 6.45) is 4.25. The molecular weight excluding hydrogens is 168 g/mol. The molecule has 3 N–H and O–H groups in total. The van der Waals surface area contributed by atoms with Crippen LogP contribution in [-0.4, -0.2) is 11.9 Å². The lowest BCUT2D eigenvalue weighted by Gasteiger charge is -2.10. The molecule has 0 saturated carbocycles. The van der Waals surface area contributed by atoms with Crippen LogP contribution in [0.2, 0.25) is 0 Å². The minimum atomic E-state index is -0.830. The van der Waals surface area contributed by atoms with E-state index in [0.29, 0.717) is 12.8 Å². The normalized spacial score (nSPS) is 9.31. The van der Waals surface area contributed by atoms with Gasteiger partial charge in [-0.15, -0.1) is 13.2 Å². The largest absolute Gasteiger partial charge is 0.351 e. The molecule has 0 heterocycles. The van der Waals surface area contributed by atoms with Gasteiger partial charge in [-0.1, -0.05) is 12.2 Å². The molecule has 0 fully saturated rings. The number of nitrogens with one attached hydrogen (secondary N) is 1. The number of hydrogen-bond acceptors (Lipinski definition) is 2. The highest BCUT2D eigenvalue weighted by molar-refractivity contribution is 5.94. The monoisotopic (exact) mass is 182 g/mol. The Kier molecular flexibility index (Phi) is 5.27. The Morgan fingerprint density at radius 3 is 2.08 bits per heavy atom. The van der Waals surface area contributed by atoms with Crippen molar-refractivity contribution < 1.29 is 9.59 Å². The molecule has 4 nitrogen and oxygen atoms in total. The highest BCUT2D eigenvalue weighted by Crippen LogP contribution is 2.09. The van der Waals surface area contributed by atoms with Crippen LogP contribution in [-0.2, 0) is 4.79 Å². The molecule has 0 aliphatic carbocycles. The fourth-order valence-corrected chi connectivity index (χ4v) is 0.936. The summed E-state index contributed by atoms with van der Waals surface area (Å²) >= 11 is 0. The predicted molar refractivity (Wildman–Crippen MR) is 50.8 cm³/mol. The average Bonchev–Trinajstić information content (AvgIpc) is 2.02. The quantitative estimate of drug-likeness (QED) is 0.621. The van der Waals surface area contributed by atoms with E-state index >= 15 is 0 Å². The first-order valence-electron chi connectivity index (χ1n) is 3.94. The fourth-order valence-electron chi connectivity index (χ4n) is 0.936. The van der Waals surface area contributed by atoms with Gasteiger partial charge in [0, 0.05) is 5.92 Å². The second kappa shape index (κ2) is 5.99. The molecule has 0 radical (unpaired) electrons. The highest BCUT2D eigenvalue weighted by Gasteiger charge is 2.16. The summed E-state index contributed by atoms with van der Waals surface area (Å²) in [4.78, 5) is 21.6. The van der Waals surface area contributed by atoms with E-state index in [0.717, 1.165) is 0 Å². The third-order valence-electron chi connectivity index (χ3n) is 1.52. The van der Waals surface area contributed by atoms with E-state index in [9.17, 15) is 9.59 Å². The van der Waals surface area contributed by atoms with Crippen LogP contribution in [0.25, 0.3) is 0 Å². The number of urea groups is 1. The Bertz CT molecular complexity index is 214. The van der Waals surface area contributed by atoms with Crippen LogP contribution in [0.15, 0.2) is 25.3 Å². The Morgan fingerprint density at radius 2 is 1.77 bits per heavy atom. The van der Waals surface area contributed by atoms with Gasteiger partial charge in [0.25, 0.3) is 0 Å². The van der Waals surface area contributed by atoms with Crippen LogP contribution in [0, 0.1) is 5.92 Å². The molecule has 0 aromatic heterocycles. The summed E-state index contributed by atoms with van der Waals surface area (Å²) in [6, 6.07) is -0.830. The molecule has 0 aliphatic rings. The number of nitrogens with two attached hydrogens (primary N) is 1. The number of hydrogen-bond donors (Lipinski definition) is 2. The molecule has 0 aromatic rings. The van der Waals surface area contributed by atoms with Crippen LogP contribution < -0.4 is 11.1 Å². The summed E-state index contributed by atoms with van der Waals surface area (Å²) in [5.41, 5.74) is 4.80. The molecule has 0 rings (SSSR count). The Labute approximate surface area is 77.5 Å². The lowest BCUT2D eigenvalue weighted by atomic mass is 10.0. The first-order valence-corrected chi connectivity index (χ1v) is 3.94. The van der Waals surface area contributed by atoms with Gasteiger partial charge in [-0.05, 0) is 12.8 Å². The van der Waals surface area contributed by atoms with E-state index in [1.807, 2.05) is 5.32 Å². The molecule has 13 heavy (non-hydrogen) atoms. The summed E-state index contributed by atoms with van der Waals surface area (Å²) in [5, 5.41) is 2.02. The number of primary amides is 1. The summed E-state index contributed by atoms with van der Waals surface area (Å²) in [5.74, 6) is -0.685. The molecule has 0 unspecified atom stereocenters. The molecule has 0 saturated heterocycles. The van der Waals surface area contributed by atoms with Gasteiger partial charge in [-0.2, -0.15) is 0 Å². The van der Waals surface area contributed by atoms with Crippen LogP contribution in [0.5, 0.6) is 0 Å². The molecule has 0 atom stereocenters. The molecule has 0 spiro atoms. The SMILES string of the molecule is C=CCC(CC=C)C(=O)NC(N)=O. The fraction of sp³-hybridized carbons (Fsp3) is 0.333. The topological polar surface area (TPSA) is 72.2 Å². The van der Waals surface area contributed by atoms with Crippen LogP contribution in [0.4, 0.5) is 4.79 Å². The van der Waals surface area contributed by atoms with Crippen molar-refractivity contribution in [2.45, 2.75) is 12.8 Å². The third kappa shape index (κ3) is 4.79. The van der Waals surface area contributed by atoms with Crippen LogP contribution in [0.1, 0.15) is 12.8 Å². The maximum atomic E-state index is 11.2. The molecule has 0 bridgehead atoms. The lowest BCUT2D eigenvalue weighted by molar-refractivity contribution is -0.123. The Hall–Kier alpha value is -1.58. The minimum absolute atomic E-state index is 0.303. The van der Waals surface area contributed by atoms with E-state index in [1.165, 1.54) is 0 Å². The van der Waals surface area contributed by atoms with Gasteiger partial charge in [0.05, 0.1) is 0 Å². The van der Waals surface area contributed by atoms with Gasteiger partial charge < -0.3 is 5.73 Å². The van der Waals surface area contributed by atoms with E-state index in [2.05, 4.69) is 13.2 Å². The average molecular weight is 182 g/mol. The smallest absolute Gasteiger partial charge is 0.318 e. The highest BCUT2D eigenvalue weighted by atomic mass is 16.2. The molecular formula is C9H14N2O2. The summed E-state index contributed by atoms with van der Waals surface area (Å²) in [6.45, 7) is 7.03. The van der Waals surface area contributed by atoms with Crippen molar-refractivity contribution in [2.24, 2.45) is 11.7 Å². The second-order valence-electron chi connectivity index (χ2n) is 2.60. The maximum Gasteiger partial charge on any atom is 0.318 e. The first-order chi connectivity index (χ1) is 6.11. The van der Waals surface area contributed by atoms with Crippen LogP contribution in [0.3, 0.4) is 0 Å². The zero-order valence-electron chi connectivity index (χ0n) is 7.45. The summed E-state index contributed by atoms with van der Waals surface area (Å²) in [7, 11) is 0. The van der Waals surface area contributed by atoms with Crippen molar-refractivity contribution >= 4 is 11.9 Å². The van der Waals surface area contributed by atoms with E-state index in [1.54, 1.807) is 12.2 Å². The van der Waals surface area contributed by atoms with Gasteiger partial charge in [-0.3, -0.25) is 10.1 Å². The van der Waals surface area contributed by atoms with Crippen LogP contribution >= 0.6 is 0 Å². The Morgan fingerprint density at radius 1 is 1.31 bits per heavy atom. The zero-order chi connectivity index (χ0) is 10.3. The third-order valence-corrected chi connectivity index (χ3v) is 1.52. The van der Waals surface area contributed by atoms with Crippen molar-refractivity contribution in [1.29, 1.82) is 0 Å². The van der Waals surface area contributed by atoms with Gasteiger partial charge in [0.1, 0.15) is 0 Å². The molecule has 72 valence electrons. The Balaban J connectivity index is 4.17.